The molecular formula is C24H33N3O2. The Morgan fingerprint density at radius 3 is 2.45 bits per heavy atom. The smallest absolute Gasteiger partial charge is 0.238 e. The summed E-state index contributed by atoms with van der Waals surface area (Å²) in [5, 5.41) is 2.99. The number of unbranched alkanes of at least 4 members (excludes halogenated alkanes) is 1. The lowest BCUT2D eigenvalue weighted by atomic mass is 10.1. The van der Waals surface area contributed by atoms with Crippen LogP contribution in [0.1, 0.15) is 30.9 Å². The van der Waals surface area contributed by atoms with Gasteiger partial charge in [0.25, 0.3) is 0 Å². The summed E-state index contributed by atoms with van der Waals surface area (Å²) in [5.74, 6) is 0.879. The summed E-state index contributed by atoms with van der Waals surface area (Å²) >= 11 is 0. The van der Waals surface area contributed by atoms with E-state index in [1.807, 2.05) is 24.3 Å². The lowest BCUT2D eigenvalue weighted by molar-refractivity contribution is -0.117. The highest BCUT2D eigenvalue weighted by molar-refractivity contribution is 5.92. The lowest BCUT2D eigenvalue weighted by Gasteiger charge is -2.36. The van der Waals surface area contributed by atoms with E-state index in [2.05, 4.69) is 54.1 Å². The molecule has 2 aromatic carbocycles. The fourth-order valence-corrected chi connectivity index (χ4v) is 3.58. The number of ether oxygens (including phenoxy) is 1. The maximum Gasteiger partial charge on any atom is 0.238 e. The molecule has 0 unspecified atom stereocenters. The number of piperazine rings is 1. The van der Waals surface area contributed by atoms with Crippen molar-refractivity contribution in [1.82, 2.24) is 4.90 Å². The molecule has 1 heterocycles. The molecule has 3 rings (SSSR count). The molecule has 1 aliphatic heterocycles. The third-order valence-corrected chi connectivity index (χ3v) is 5.35. The molecule has 1 amide bonds. The minimum absolute atomic E-state index is 0.0323. The van der Waals surface area contributed by atoms with E-state index in [-0.39, 0.29) is 5.91 Å². The molecule has 1 N–H and O–H groups in total. The number of hydrogen-bond donors (Lipinski definition) is 1. The number of aryl methyl sites for hydroxylation is 2. The van der Waals surface area contributed by atoms with Gasteiger partial charge in [0.1, 0.15) is 5.75 Å². The second-order valence-electron chi connectivity index (χ2n) is 7.83. The third-order valence-electron chi connectivity index (χ3n) is 5.35. The van der Waals surface area contributed by atoms with Crippen LogP contribution in [0.4, 0.5) is 11.4 Å². The average molecular weight is 396 g/mol. The van der Waals surface area contributed by atoms with Crippen LogP contribution in [0.15, 0.2) is 42.5 Å². The molecule has 0 aliphatic carbocycles. The van der Waals surface area contributed by atoms with Gasteiger partial charge in [0.2, 0.25) is 5.91 Å². The van der Waals surface area contributed by atoms with Gasteiger partial charge >= 0.3 is 0 Å². The Balaban J connectivity index is 1.44. The van der Waals surface area contributed by atoms with Gasteiger partial charge < -0.3 is 15.0 Å². The van der Waals surface area contributed by atoms with Crippen molar-refractivity contribution in [1.29, 1.82) is 0 Å². The van der Waals surface area contributed by atoms with E-state index in [1.54, 1.807) is 0 Å². The van der Waals surface area contributed by atoms with Gasteiger partial charge in [-0.05, 0) is 61.7 Å². The maximum absolute atomic E-state index is 12.4. The SMILES string of the molecule is CCCCOc1ccc(NC(=O)CN2CCN(c3cc(C)ccc3C)CC2)cc1. The second-order valence-corrected chi connectivity index (χ2v) is 7.83. The van der Waals surface area contributed by atoms with E-state index in [4.69, 9.17) is 4.74 Å². The highest BCUT2D eigenvalue weighted by atomic mass is 16.5. The first-order valence-corrected chi connectivity index (χ1v) is 10.6. The van der Waals surface area contributed by atoms with Gasteiger partial charge in [0.15, 0.2) is 0 Å². The van der Waals surface area contributed by atoms with E-state index < -0.39 is 0 Å². The van der Waals surface area contributed by atoms with Crippen LogP contribution < -0.4 is 15.0 Å². The molecule has 0 aromatic heterocycles. The van der Waals surface area contributed by atoms with Gasteiger partial charge in [-0.1, -0.05) is 25.5 Å². The van der Waals surface area contributed by atoms with Gasteiger partial charge in [-0.2, -0.15) is 0 Å². The predicted octanol–water partition coefficient (Wildman–Crippen LogP) is 4.24. The molecule has 0 saturated carbocycles. The molecular weight excluding hydrogens is 362 g/mol. The van der Waals surface area contributed by atoms with Gasteiger partial charge in [-0.15, -0.1) is 0 Å². The van der Waals surface area contributed by atoms with Crippen LogP contribution in [-0.2, 0) is 4.79 Å². The van der Waals surface area contributed by atoms with E-state index >= 15 is 0 Å². The number of rotatable bonds is 8. The van der Waals surface area contributed by atoms with Gasteiger partial charge in [-0.25, -0.2) is 0 Å². The van der Waals surface area contributed by atoms with Crippen molar-refractivity contribution < 1.29 is 9.53 Å². The lowest BCUT2D eigenvalue weighted by Crippen LogP contribution is -2.48. The van der Waals surface area contributed by atoms with Gasteiger partial charge in [-0.3, -0.25) is 9.69 Å². The highest BCUT2D eigenvalue weighted by Crippen LogP contribution is 2.23. The van der Waals surface area contributed by atoms with Crippen LogP contribution in [0, 0.1) is 13.8 Å². The Kier molecular flexibility index (Phi) is 7.53. The zero-order valence-corrected chi connectivity index (χ0v) is 17.9. The quantitative estimate of drug-likeness (QED) is 0.679. The normalized spacial score (nSPS) is 14.7. The molecule has 29 heavy (non-hydrogen) atoms. The number of amides is 1. The average Bonchev–Trinajstić information content (AvgIpc) is 2.72. The van der Waals surface area contributed by atoms with Crippen molar-refractivity contribution in [2.24, 2.45) is 0 Å². The number of carbonyl (C=O) groups excluding carboxylic acids is 1. The molecule has 0 atom stereocenters. The molecule has 5 heteroatoms. The Labute approximate surface area is 174 Å². The monoisotopic (exact) mass is 395 g/mol. The summed E-state index contributed by atoms with van der Waals surface area (Å²) in [5.41, 5.74) is 4.72. The Morgan fingerprint density at radius 2 is 1.76 bits per heavy atom. The third kappa shape index (κ3) is 6.23. The maximum atomic E-state index is 12.4. The number of nitrogens with zero attached hydrogens (tertiary/aromatic N) is 2. The van der Waals surface area contributed by atoms with Crippen LogP contribution in [0.5, 0.6) is 5.75 Å². The summed E-state index contributed by atoms with van der Waals surface area (Å²) in [6.07, 6.45) is 2.17. The highest BCUT2D eigenvalue weighted by Gasteiger charge is 2.20. The van der Waals surface area contributed by atoms with E-state index in [9.17, 15) is 4.79 Å². The second kappa shape index (κ2) is 10.3. The molecule has 2 aromatic rings. The molecule has 0 radical (unpaired) electrons. The van der Waals surface area contributed by atoms with E-state index in [0.717, 1.165) is 57.1 Å². The van der Waals surface area contributed by atoms with Crippen molar-refractivity contribution in [3.8, 4) is 5.75 Å². The first kappa shape index (κ1) is 21.2. The largest absolute Gasteiger partial charge is 0.494 e. The van der Waals surface area contributed by atoms with E-state index in [1.165, 1.54) is 16.8 Å². The number of carbonyl (C=O) groups is 1. The molecule has 1 aliphatic rings. The molecule has 1 saturated heterocycles. The van der Waals surface area contributed by atoms with Crippen LogP contribution >= 0.6 is 0 Å². The standard InChI is InChI=1S/C24H33N3O2/c1-4-5-16-29-22-10-8-21(9-11-22)25-24(28)18-26-12-14-27(15-13-26)23-17-19(2)6-7-20(23)3/h6-11,17H,4-5,12-16,18H2,1-3H3,(H,25,28). The van der Waals surface area contributed by atoms with Crippen molar-refractivity contribution >= 4 is 17.3 Å². The van der Waals surface area contributed by atoms with Crippen LogP contribution in [0.2, 0.25) is 0 Å². The van der Waals surface area contributed by atoms with E-state index in [0.29, 0.717) is 6.54 Å². The first-order valence-electron chi connectivity index (χ1n) is 10.6. The Bertz CT molecular complexity index is 796. The summed E-state index contributed by atoms with van der Waals surface area (Å²) in [6, 6.07) is 14.2. The molecule has 1 fully saturated rings. The zero-order chi connectivity index (χ0) is 20.6. The summed E-state index contributed by atoms with van der Waals surface area (Å²) in [7, 11) is 0. The van der Waals surface area contributed by atoms with Gasteiger partial charge in [0.05, 0.1) is 13.2 Å². The summed E-state index contributed by atoms with van der Waals surface area (Å²) in [4.78, 5) is 17.1. The summed E-state index contributed by atoms with van der Waals surface area (Å²) in [6.45, 7) is 11.3. The molecule has 0 bridgehead atoms. The minimum atomic E-state index is 0.0323. The van der Waals surface area contributed by atoms with Crippen LogP contribution in [-0.4, -0.2) is 50.1 Å². The molecule has 5 nitrogen and oxygen atoms in total. The van der Waals surface area contributed by atoms with Crippen LogP contribution in [0.25, 0.3) is 0 Å². The molecule has 156 valence electrons. The Morgan fingerprint density at radius 1 is 1.03 bits per heavy atom. The molecule has 0 spiro atoms. The Hall–Kier alpha value is -2.53. The van der Waals surface area contributed by atoms with Crippen LogP contribution in [0.3, 0.4) is 0 Å². The summed E-state index contributed by atoms with van der Waals surface area (Å²) < 4.78 is 5.66. The van der Waals surface area contributed by atoms with Gasteiger partial charge in [0, 0.05) is 37.6 Å². The van der Waals surface area contributed by atoms with Crippen molar-refractivity contribution in [2.45, 2.75) is 33.6 Å². The fraction of sp³-hybridized carbons (Fsp3) is 0.458. The number of benzene rings is 2. The fourth-order valence-electron chi connectivity index (χ4n) is 3.58. The first-order chi connectivity index (χ1) is 14.0. The number of anilines is 2. The van der Waals surface area contributed by atoms with Crippen molar-refractivity contribution in [2.75, 3.05) is 49.5 Å². The van der Waals surface area contributed by atoms with Crippen molar-refractivity contribution in [3.05, 3.63) is 53.6 Å². The minimum Gasteiger partial charge on any atom is -0.494 e. The van der Waals surface area contributed by atoms with Crippen molar-refractivity contribution in [3.63, 3.8) is 0 Å². The zero-order valence-electron chi connectivity index (χ0n) is 17.9. The predicted molar refractivity (Wildman–Crippen MR) is 120 cm³/mol. The number of hydrogen-bond acceptors (Lipinski definition) is 4. The topological polar surface area (TPSA) is 44.8 Å². The number of nitrogens with one attached hydrogen (secondary N) is 1.